The van der Waals surface area contributed by atoms with Crippen molar-refractivity contribution in [3.8, 4) is 11.3 Å². The maximum Gasteiger partial charge on any atom is 0.219 e. The van der Waals surface area contributed by atoms with Crippen molar-refractivity contribution in [3.05, 3.63) is 36.2 Å². The summed E-state index contributed by atoms with van der Waals surface area (Å²) in [6, 6.07) is 9.74. The Bertz CT molecular complexity index is 406. The third kappa shape index (κ3) is 1.40. The normalized spacial score (nSPS) is 10.2. The first-order chi connectivity index (χ1) is 6.27. The first kappa shape index (κ1) is 7.86. The summed E-state index contributed by atoms with van der Waals surface area (Å²) in [7, 11) is 0. The minimum absolute atomic E-state index is 0.378. The van der Waals surface area contributed by atoms with E-state index in [1.165, 1.54) is 0 Å². The predicted molar refractivity (Wildman–Crippen MR) is 51.1 cm³/mol. The number of aromatic nitrogens is 1. The molecule has 0 spiro atoms. The first-order valence-electron chi connectivity index (χ1n) is 4.05. The van der Waals surface area contributed by atoms with Crippen molar-refractivity contribution in [1.29, 1.82) is 0 Å². The van der Waals surface area contributed by atoms with Crippen LogP contribution in [0.3, 0.4) is 0 Å². The van der Waals surface area contributed by atoms with E-state index in [2.05, 4.69) is 4.98 Å². The number of rotatable bonds is 1. The van der Waals surface area contributed by atoms with E-state index in [1.54, 1.807) is 6.92 Å². The molecule has 0 aliphatic rings. The van der Waals surface area contributed by atoms with Crippen LogP contribution >= 0.6 is 0 Å². The van der Waals surface area contributed by atoms with Crippen molar-refractivity contribution in [1.82, 2.24) is 4.98 Å². The van der Waals surface area contributed by atoms with Crippen LogP contribution in [0.25, 0.3) is 11.3 Å². The third-order valence-corrected chi connectivity index (χ3v) is 1.81. The summed E-state index contributed by atoms with van der Waals surface area (Å²) < 4.78 is 5.14. The number of anilines is 1. The van der Waals surface area contributed by atoms with Crippen LogP contribution in [0.4, 0.5) is 5.88 Å². The Morgan fingerprint density at radius 2 is 1.92 bits per heavy atom. The minimum Gasteiger partial charge on any atom is -0.425 e. The van der Waals surface area contributed by atoms with Crippen LogP contribution < -0.4 is 5.73 Å². The average molecular weight is 174 g/mol. The van der Waals surface area contributed by atoms with Crippen molar-refractivity contribution in [3.63, 3.8) is 0 Å². The molecule has 2 rings (SSSR count). The Labute approximate surface area is 76.2 Å². The highest BCUT2D eigenvalue weighted by molar-refractivity contribution is 5.68. The molecule has 0 unspecified atom stereocenters. The predicted octanol–water partition coefficient (Wildman–Crippen LogP) is 2.23. The number of oxazole rings is 1. The van der Waals surface area contributed by atoms with Gasteiger partial charge in [0, 0.05) is 12.5 Å². The van der Waals surface area contributed by atoms with E-state index in [9.17, 15) is 0 Å². The number of hydrogen-bond donors (Lipinski definition) is 1. The van der Waals surface area contributed by atoms with Gasteiger partial charge in [-0.1, -0.05) is 30.3 Å². The molecule has 0 amide bonds. The summed E-state index contributed by atoms with van der Waals surface area (Å²) in [5, 5.41) is 0. The van der Waals surface area contributed by atoms with Gasteiger partial charge in [0.05, 0.1) is 0 Å². The highest BCUT2D eigenvalue weighted by Crippen LogP contribution is 2.24. The molecule has 13 heavy (non-hydrogen) atoms. The van der Waals surface area contributed by atoms with Crippen LogP contribution in [0.5, 0.6) is 0 Å². The molecule has 2 aromatic rings. The highest BCUT2D eigenvalue weighted by atomic mass is 16.4. The molecule has 2 N–H and O–H groups in total. The molecule has 0 fully saturated rings. The summed E-state index contributed by atoms with van der Waals surface area (Å²) in [6.45, 7) is 1.78. The molecule has 3 heteroatoms. The average Bonchev–Trinajstić information content (AvgIpc) is 2.47. The summed E-state index contributed by atoms with van der Waals surface area (Å²) in [4.78, 5) is 4.19. The number of nitrogen functional groups attached to an aromatic ring is 1. The van der Waals surface area contributed by atoms with Crippen molar-refractivity contribution in [2.24, 2.45) is 0 Å². The van der Waals surface area contributed by atoms with Gasteiger partial charge in [-0.3, -0.25) is 0 Å². The van der Waals surface area contributed by atoms with Crippen LogP contribution in [0.1, 0.15) is 5.89 Å². The molecule has 1 heterocycles. The molecule has 0 aliphatic heterocycles. The summed E-state index contributed by atoms with van der Waals surface area (Å²) >= 11 is 0. The number of hydrogen-bond acceptors (Lipinski definition) is 3. The van der Waals surface area contributed by atoms with Crippen molar-refractivity contribution >= 4 is 5.88 Å². The molecule has 66 valence electrons. The lowest BCUT2D eigenvalue weighted by Crippen LogP contribution is -1.85. The standard InChI is InChI=1S/C10H10N2O/c1-7-12-9(10(11)13-7)8-5-3-2-4-6-8/h2-6H,11H2,1H3. The monoisotopic (exact) mass is 174 g/mol. The second-order valence-corrected chi connectivity index (χ2v) is 2.81. The zero-order valence-corrected chi connectivity index (χ0v) is 7.32. The SMILES string of the molecule is Cc1nc(-c2ccccc2)c(N)o1. The van der Waals surface area contributed by atoms with E-state index >= 15 is 0 Å². The Morgan fingerprint density at radius 3 is 2.46 bits per heavy atom. The second kappa shape index (κ2) is 2.94. The Morgan fingerprint density at radius 1 is 1.23 bits per heavy atom. The largest absolute Gasteiger partial charge is 0.425 e. The highest BCUT2D eigenvalue weighted by Gasteiger charge is 2.08. The van der Waals surface area contributed by atoms with Crippen LogP contribution in [0.2, 0.25) is 0 Å². The molecule has 0 bridgehead atoms. The molecular weight excluding hydrogens is 164 g/mol. The summed E-state index contributed by atoms with van der Waals surface area (Å²) in [5.74, 6) is 0.972. The number of nitrogens with two attached hydrogens (primary N) is 1. The molecule has 1 aromatic heterocycles. The molecule has 0 atom stereocenters. The molecule has 0 saturated heterocycles. The second-order valence-electron chi connectivity index (χ2n) is 2.81. The quantitative estimate of drug-likeness (QED) is 0.721. The van der Waals surface area contributed by atoms with Gasteiger partial charge >= 0.3 is 0 Å². The maximum absolute atomic E-state index is 5.64. The fourth-order valence-corrected chi connectivity index (χ4v) is 1.25. The number of benzene rings is 1. The zero-order valence-electron chi connectivity index (χ0n) is 7.32. The van der Waals surface area contributed by atoms with E-state index in [0.717, 1.165) is 11.3 Å². The summed E-state index contributed by atoms with van der Waals surface area (Å²) in [5.41, 5.74) is 7.35. The van der Waals surface area contributed by atoms with Gasteiger partial charge in [0.25, 0.3) is 0 Å². The molecule has 0 aliphatic carbocycles. The fourth-order valence-electron chi connectivity index (χ4n) is 1.25. The molecule has 0 radical (unpaired) electrons. The lowest BCUT2D eigenvalue weighted by atomic mass is 10.2. The van der Waals surface area contributed by atoms with Crippen molar-refractivity contribution < 1.29 is 4.42 Å². The number of nitrogens with zero attached hydrogens (tertiary/aromatic N) is 1. The summed E-state index contributed by atoms with van der Waals surface area (Å²) in [6.07, 6.45) is 0. The van der Waals surface area contributed by atoms with Crippen LogP contribution in [-0.4, -0.2) is 4.98 Å². The smallest absolute Gasteiger partial charge is 0.219 e. The van der Waals surface area contributed by atoms with E-state index in [0.29, 0.717) is 11.8 Å². The van der Waals surface area contributed by atoms with E-state index in [-0.39, 0.29) is 0 Å². The van der Waals surface area contributed by atoms with Gasteiger partial charge in [-0.25, -0.2) is 4.98 Å². The van der Waals surface area contributed by atoms with E-state index in [1.807, 2.05) is 30.3 Å². The molecular formula is C10H10N2O. The van der Waals surface area contributed by atoms with Gasteiger partial charge in [-0.2, -0.15) is 0 Å². The van der Waals surface area contributed by atoms with E-state index in [4.69, 9.17) is 10.2 Å². The van der Waals surface area contributed by atoms with Gasteiger partial charge in [-0.15, -0.1) is 0 Å². The van der Waals surface area contributed by atoms with Gasteiger partial charge in [0.15, 0.2) is 5.89 Å². The van der Waals surface area contributed by atoms with Crippen molar-refractivity contribution in [2.75, 3.05) is 5.73 Å². The fraction of sp³-hybridized carbons (Fsp3) is 0.100. The third-order valence-electron chi connectivity index (χ3n) is 1.81. The molecule has 1 aromatic carbocycles. The lowest BCUT2D eigenvalue weighted by molar-refractivity contribution is 0.539. The first-order valence-corrected chi connectivity index (χ1v) is 4.05. The number of aryl methyl sites for hydroxylation is 1. The Kier molecular flexibility index (Phi) is 1.77. The zero-order chi connectivity index (χ0) is 9.26. The molecule has 3 nitrogen and oxygen atoms in total. The van der Waals surface area contributed by atoms with Crippen LogP contribution in [0.15, 0.2) is 34.7 Å². The van der Waals surface area contributed by atoms with Gasteiger partial charge in [0.1, 0.15) is 5.69 Å². The Balaban J connectivity index is 2.53. The van der Waals surface area contributed by atoms with Gasteiger partial charge in [-0.05, 0) is 0 Å². The van der Waals surface area contributed by atoms with E-state index < -0.39 is 0 Å². The van der Waals surface area contributed by atoms with Crippen LogP contribution in [-0.2, 0) is 0 Å². The maximum atomic E-state index is 5.64. The lowest BCUT2D eigenvalue weighted by Gasteiger charge is -1.94. The van der Waals surface area contributed by atoms with Crippen LogP contribution in [0, 0.1) is 6.92 Å². The molecule has 0 saturated carbocycles. The van der Waals surface area contributed by atoms with Crippen molar-refractivity contribution in [2.45, 2.75) is 6.92 Å². The minimum atomic E-state index is 0.378. The Hall–Kier alpha value is -1.77. The van der Waals surface area contributed by atoms with Gasteiger partial charge < -0.3 is 10.2 Å². The van der Waals surface area contributed by atoms with Gasteiger partial charge in [0.2, 0.25) is 5.88 Å². The topological polar surface area (TPSA) is 52.0 Å².